The third-order valence-corrected chi connectivity index (χ3v) is 3.45. The Balaban J connectivity index is 1.86. The number of rotatable bonds is 7. The predicted octanol–water partition coefficient (Wildman–Crippen LogP) is 3.37. The Morgan fingerprint density at radius 3 is 2.05 bits per heavy atom. The molecule has 0 amide bonds. The van der Waals surface area contributed by atoms with Crippen LogP contribution in [0.3, 0.4) is 0 Å². The molecule has 1 N–H and O–H groups in total. The van der Waals surface area contributed by atoms with Crippen molar-refractivity contribution in [2.24, 2.45) is 0 Å². The lowest BCUT2D eigenvalue weighted by Crippen LogP contribution is -2.35. The van der Waals surface area contributed by atoms with E-state index in [1.807, 2.05) is 36.4 Å². The van der Waals surface area contributed by atoms with Crippen molar-refractivity contribution in [3.05, 3.63) is 71.8 Å². The second-order valence-electron chi connectivity index (χ2n) is 5.05. The second-order valence-corrected chi connectivity index (χ2v) is 5.05. The summed E-state index contributed by atoms with van der Waals surface area (Å²) in [5.41, 5.74) is 2.48. The molecule has 2 aromatic rings. The van der Waals surface area contributed by atoms with Crippen LogP contribution in [0, 0.1) is 0 Å². The fraction of sp³-hybridized carbons (Fsp3) is 0.278. The van der Waals surface area contributed by atoms with E-state index >= 15 is 0 Å². The summed E-state index contributed by atoms with van der Waals surface area (Å²) in [6, 6.07) is 20.4. The summed E-state index contributed by atoms with van der Waals surface area (Å²) in [7, 11) is 0. The van der Waals surface area contributed by atoms with E-state index in [1.54, 1.807) is 6.92 Å². The third kappa shape index (κ3) is 4.63. The van der Waals surface area contributed by atoms with Gasteiger partial charge in [0.2, 0.25) is 0 Å². The van der Waals surface area contributed by atoms with E-state index < -0.39 is 0 Å². The fourth-order valence-electron chi connectivity index (χ4n) is 2.24. The zero-order valence-electron chi connectivity index (χ0n) is 11.9. The van der Waals surface area contributed by atoms with Crippen molar-refractivity contribution in [3.63, 3.8) is 0 Å². The molecule has 2 heteroatoms. The molecule has 0 bridgehead atoms. The Hall–Kier alpha value is -1.93. The van der Waals surface area contributed by atoms with Crippen molar-refractivity contribution in [3.8, 4) is 0 Å². The van der Waals surface area contributed by atoms with Crippen LogP contribution < -0.4 is 5.32 Å². The number of hydrogen-bond donors (Lipinski definition) is 1. The van der Waals surface area contributed by atoms with E-state index in [9.17, 15) is 4.79 Å². The maximum Gasteiger partial charge on any atom is 0.146 e. The lowest BCUT2D eigenvalue weighted by molar-refractivity contribution is -0.119. The molecule has 2 aromatic carbocycles. The van der Waals surface area contributed by atoms with E-state index in [2.05, 4.69) is 29.6 Å². The summed E-state index contributed by atoms with van der Waals surface area (Å²) < 4.78 is 0. The Labute approximate surface area is 120 Å². The highest BCUT2D eigenvalue weighted by atomic mass is 16.1. The summed E-state index contributed by atoms with van der Waals surface area (Å²) in [5, 5.41) is 3.36. The minimum Gasteiger partial charge on any atom is -0.303 e. The predicted molar refractivity (Wildman–Crippen MR) is 82.5 cm³/mol. The standard InChI is InChI=1S/C18H21NO/c1-15(20)18(13-12-16-8-4-2-5-9-16)19-14-17-10-6-3-7-11-17/h2-11,18-19H,12-14H2,1H3. The number of hydrogen-bond acceptors (Lipinski definition) is 2. The van der Waals surface area contributed by atoms with E-state index in [-0.39, 0.29) is 11.8 Å². The molecule has 104 valence electrons. The minimum atomic E-state index is -0.0737. The van der Waals surface area contributed by atoms with Crippen molar-refractivity contribution in [2.45, 2.75) is 32.4 Å². The lowest BCUT2D eigenvalue weighted by Gasteiger charge is -2.16. The summed E-state index contributed by atoms with van der Waals surface area (Å²) in [6.45, 7) is 2.40. The summed E-state index contributed by atoms with van der Waals surface area (Å²) in [4.78, 5) is 11.7. The van der Waals surface area contributed by atoms with E-state index in [0.717, 1.165) is 19.4 Å². The molecule has 0 radical (unpaired) electrons. The molecule has 2 rings (SSSR count). The first kappa shape index (κ1) is 14.5. The average molecular weight is 267 g/mol. The molecule has 2 nitrogen and oxygen atoms in total. The van der Waals surface area contributed by atoms with Gasteiger partial charge in [-0.05, 0) is 30.9 Å². The monoisotopic (exact) mass is 267 g/mol. The van der Waals surface area contributed by atoms with Gasteiger partial charge < -0.3 is 5.32 Å². The minimum absolute atomic E-state index is 0.0737. The zero-order chi connectivity index (χ0) is 14.2. The Kier molecular flexibility index (Phi) is 5.51. The van der Waals surface area contributed by atoms with Gasteiger partial charge in [-0.1, -0.05) is 60.7 Å². The van der Waals surface area contributed by atoms with Crippen LogP contribution in [-0.2, 0) is 17.8 Å². The number of aryl methyl sites for hydroxylation is 1. The number of benzene rings is 2. The van der Waals surface area contributed by atoms with Crippen molar-refractivity contribution in [2.75, 3.05) is 0 Å². The molecule has 0 heterocycles. The SMILES string of the molecule is CC(=O)C(CCc1ccccc1)NCc1ccccc1. The topological polar surface area (TPSA) is 29.1 Å². The van der Waals surface area contributed by atoms with Gasteiger partial charge in [0.15, 0.2) is 0 Å². The van der Waals surface area contributed by atoms with Gasteiger partial charge in [0.25, 0.3) is 0 Å². The third-order valence-electron chi connectivity index (χ3n) is 3.45. The number of ketones is 1. The molecule has 1 unspecified atom stereocenters. The molecule has 0 aliphatic rings. The van der Waals surface area contributed by atoms with Crippen LogP contribution in [0.5, 0.6) is 0 Å². The fourth-order valence-corrected chi connectivity index (χ4v) is 2.24. The Morgan fingerprint density at radius 2 is 1.50 bits per heavy atom. The molecule has 0 aliphatic heterocycles. The molecule has 0 spiro atoms. The Morgan fingerprint density at radius 1 is 0.950 bits per heavy atom. The van der Waals surface area contributed by atoms with E-state index in [4.69, 9.17) is 0 Å². The molecule has 0 saturated heterocycles. The Bertz CT molecular complexity index is 478. The summed E-state index contributed by atoms with van der Waals surface area (Å²) in [5.74, 6) is 0.205. The van der Waals surface area contributed by atoms with Crippen LogP contribution in [0.15, 0.2) is 60.7 Å². The van der Waals surface area contributed by atoms with Gasteiger partial charge >= 0.3 is 0 Å². The molecule has 0 fully saturated rings. The largest absolute Gasteiger partial charge is 0.303 e. The van der Waals surface area contributed by atoms with E-state index in [1.165, 1.54) is 11.1 Å². The molecule has 0 aliphatic carbocycles. The molecule has 0 saturated carbocycles. The first-order valence-corrected chi connectivity index (χ1v) is 7.07. The van der Waals surface area contributed by atoms with Crippen molar-refractivity contribution < 1.29 is 4.79 Å². The number of carbonyl (C=O) groups excluding carboxylic acids is 1. The van der Waals surface area contributed by atoms with Crippen LogP contribution in [0.25, 0.3) is 0 Å². The summed E-state index contributed by atoms with van der Waals surface area (Å²) >= 11 is 0. The van der Waals surface area contributed by atoms with Gasteiger partial charge in [-0.15, -0.1) is 0 Å². The van der Waals surface area contributed by atoms with Crippen LogP contribution in [0.1, 0.15) is 24.5 Å². The van der Waals surface area contributed by atoms with Gasteiger partial charge in [0.1, 0.15) is 5.78 Å². The van der Waals surface area contributed by atoms with Crippen LogP contribution in [0.2, 0.25) is 0 Å². The molecule has 20 heavy (non-hydrogen) atoms. The summed E-state index contributed by atoms with van der Waals surface area (Å²) in [6.07, 6.45) is 1.76. The maximum atomic E-state index is 11.7. The number of nitrogens with one attached hydrogen (secondary N) is 1. The highest BCUT2D eigenvalue weighted by Gasteiger charge is 2.13. The van der Waals surface area contributed by atoms with Gasteiger partial charge in [0.05, 0.1) is 6.04 Å². The van der Waals surface area contributed by atoms with Crippen LogP contribution in [0.4, 0.5) is 0 Å². The quantitative estimate of drug-likeness (QED) is 0.833. The van der Waals surface area contributed by atoms with Gasteiger partial charge in [0, 0.05) is 6.54 Å². The lowest BCUT2D eigenvalue weighted by atomic mass is 10.0. The van der Waals surface area contributed by atoms with Gasteiger partial charge in [-0.3, -0.25) is 4.79 Å². The van der Waals surface area contributed by atoms with Crippen molar-refractivity contribution >= 4 is 5.78 Å². The van der Waals surface area contributed by atoms with E-state index in [0.29, 0.717) is 0 Å². The van der Waals surface area contributed by atoms with Crippen molar-refractivity contribution in [1.82, 2.24) is 5.32 Å². The van der Waals surface area contributed by atoms with Gasteiger partial charge in [-0.2, -0.15) is 0 Å². The van der Waals surface area contributed by atoms with Crippen LogP contribution in [-0.4, -0.2) is 11.8 Å². The molecule has 1 atom stereocenters. The molecule has 0 aromatic heterocycles. The normalized spacial score (nSPS) is 12.1. The average Bonchev–Trinajstić information content (AvgIpc) is 2.49. The first-order valence-electron chi connectivity index (χ1n) is 7.07. The second kappa shape index (κ2) is 7.61. The molecular formula is C18H21NO. The maximum absolute atomic E-state index is 11.7. The van der Waals surface area contributed by atoms with Crippen LogP contribution >= 0.6 is 0 Å². The first-order chi connectivity index (χ1) is 9.75. The highest BCUT2D eigenvalue weighted by Crippen LogP contribution is 2.07. The smallest absolute Gasteiger partial charge is 0.146 e. The zero-order valence-corrected chi connectivity index (χ0v) is 11.9. The number of carbonyl (C=O) groups is 1. The highest BCUT2D eigenvalue weighted by molar-refractivity contribution is 5.81. The van der Waals surface area contributed by atoms with Crippen molar-refractivity contribution in [1.29, 1.82) is 0 Å². The van der Waals surface area contributed by atoms with Gasteiger partial charge in [-0.25, -0.2) is 0 Å². The molecular weight excluding hydrogens is 246 g/mol. The number of Topliss-reactive ketones (excluding diaryl/α,β-unsaturated/α-hetero) is 1.